The standard InChI is InChI=1S/C13H22N4O2/c1-13(2,3)12(19)16-7-5-11(18)15-6-4-10-8-14-9-17-10/h8-9H,4-7H2,1-3H3,(H,14,17)(H,15,18)(H,16,19). The molecule has 0 unspecified atom stereocenters. The molecule has 1 aromatic heterocycles. The molecule has 0 saturated heterocycles. The minimum absolute atomic E-state index is 0.0437. The highest BCUT2D eigenvalue weighted by Crippen LogP contribution is 2.11. The second kappa shape index (κ2) is 6.92. The summed E-state index contributed by atoms with van der Waals surface area (Å²) < 4.78 is 0. The van der Waals surface area contributed by atoms with E-state index >= 15 is 0 Å². The third kappa shape index (κ3) is 6.03. The van der Waals surface area contributed by atoms with Crippen LogP contribution in [0.25, 0.3) is 0 Å². The van der Waals surface area contributed by atoms with E-state index in [1.165, 1.54) is 0 Å². The van der Waals surface area contributed by atoms with Gasteiger partial charge < -0.3 is 15.6 Å². The summed E-state index contributed by atoms with van der Waals surface area (Å²) in [6.45, 7) is 6.45. The van der Waals surface area contributed by atoms with Gasteiger partial charge in [-0.15, -0.1) is 0 Å². The number of aromatic amines is 1. The lowest BCUT2D eigenvalue weighted by atomic mass is 9.96. The van der Waals surface area contributed by atoms with Crippen LogP contribution in [0, 0.1) is 5.41 Å². The molecule has 0 saturated carbocycles. The van der Waals surface area contributed by atoms with Crippen molar-refractivity contribution in [3.05, 3.63) is 18.2 Å². The van der Waals surface area contributed by atoms with E-state index in [9.17, 15) is 9.59 Å². The van der Waals surface area contributed by atoms with E-state index in [2.05, 4.69) is 20.6 Å². The summed E-state index contributed by atoms with van der Waals surface area (Å²) in [5, 5.41) is 5.54. The minimum atomic E-state index is -0.420. The number of hydrogen-bond acceptors (Lipinski definition) is 3. The highest BCUT2D eigenvalue weighted by molar-refractivity contribution is 5.82. The summed E-state index contributed by atoms with van der Waals surface area (Å²) in [7, 11) is 0. The molecular weight excluding hydrogens is 244 g/mol. The van der Waals surface area contributed by atoms with E-state index in [0.717, 1.165) is 12.1 Å². The molecular formula is C13H22N4O2. The summed E-state index contributed by atoms with van der Waals surface area (Å²) >= 11 is 0. The smallest absolute Gasteiger partial charge is 0.225 e. The molecule has 19 heavy (non-hydrogen) atoms. The second-order valence-electron chi connectivity index (χ2n) is 5.43. The first-order valence-corrected chi connectivity index (χ1v) is 6.42. The topological polar surface area (TPSA) is 86.9 Å². The number of carbonyl (C=O) groups is 2. The summed E-state index contributed by atoms with van der Waals surface area (Å²) in [6.07, 6.45) is 4.36. The molecule has 3 N–H and O–H groups in total. The predicted molar refractivity (Wildman–Crippen MR) is 72.4 cm³/mol. The first-order valence-electron chi connectivity index (χ1n) is 6.42. The fraction of sp³-hybridized carbons (Fsp3) is 0.615. The van der Waals surface area contributed by atoms with Gasteiger partial charge in [-0.2, -0.15) is 0 Å². The molecule has 0 fully saturated rings. The summed E-state index contributed by atoms with van der Waals surface area (Å²) in [6, 6.07) is 0. The maximum Gasteiger partial charge on any atom is 0.225 e. The van der Waals surface area contributed by atoms with Crippen LogP contribution in [-0.4, -0.2) is 34.9 Å². The molecule has 0 spiro atoms. The van der Waals surface area contributed by atoms with Crippen LogP contribution < -0.4 is 10.6 Å². The maximum atomic E-state index is 11.6. The van der Waals surface area contributed by atoms with E-state index in [1.54, 1.807) is 12.5 Å². The number of rotatable bonds is 6. The van der Waals surface area contributed by atoms with Gasteiger partial charge in [0.2, 0.25) is 11.8 Å². The number of nitrogens with one attached hydrogen (secondary N) is 3. The van der Waals surface area contributed by atoms with E-state index in [4.69, 9.17) is 0 Å². The molecule has 0 radical (unpaired) electrons. The van der Waals surface area contributed by atoms with Crippen LogP contribution in [0.2, 0.25) is 0 Å². The Balaban J connectivity index is 2.10. The number of aromatic nitrogens is 2. The molecule has 1 rings (SSSR count). The molecule has 0 bridgehead atoms. The Labute approximate surface area is 113 Å². The van der Waals surface area contributed by atoms with Crippen molar-refractivity contribution in [1.29, 1.82) is 0 Å². The van der Waals surface area contributed by atoms with Crippen LogP contribution in [0.15, 0.2) is 12.5 Å². The lowest BCUT2D eigenvalue weighted by Gasteiger charge is -2.17. The summed E-state index contributed by atoms with van der Waals surface area (Å²) in [4.78, 5) is 29.9. The predicted octanol–water partition coefficient (Wildman–Crippen LogP) is 0.621. The van der Waals surface area contributed by atoms with E-state index in [0.29, 0.717) is 19.5 Å². The molecule has 0 aliphatic heterocycles. The zero-order valence-corrected chi connectivity index (χ0v) is 11.7. The van der Waals surface area contributed by atoms with Crippen LogP contribution in [0.4, 0.5) is 0 Å². The average Bonchev–Trinajstić information content (AvgIpc) is 2.80. The van der Waals surface area contributed by atoms with Crippen molar-refractivity contribution >= 4 is 11.8 Å². The summed E-state index contributed by atoms with van der Waals surface area (Å²) in [5.74, 6) is -0.105. The molecule has 0 atom stereocenters. The third-order valence-corrected chi connectivity index (χ3v) is 2.59. The van der Waals surface area contributed by atoms with Gasteiger partial charge in [0.25, 0.3) is 0 Å². The Bertz CT molecular complexity index is 407. The van der Waals surface area contributed by atoms with Gasteiger partial charge in [0, 0.05) is 43.2 Å². The van der Waals surface area contributed by atoms with Crippen LogP contribution in [0.3, 0.4) is 0 Å². The average molecular weight is 266 g/mol. The number of amides is 2. The maximum absolute atomic E-state index is 11.6. The van der Waals surface area contributed by atoms with E-state index < -0.39 is 5.41 Å². The van der Waals surface area contributed by atoms with Gasteiger partial charge in [-0.1, -0.05) is 20.8 Å². The Morgan fingerprint density at radius 1 is 1.26 bits per heavy atom. The number of nitrogens with zero attached hydrogens (tertiary/aromatic N) is 1. The van der Waals surface area contributed by atoms with Crippen LogP contribution in [-0.2, 0) is 16.0 Å². The van der Waals surface area contributed by atoms with Gasteiger partial charge in [-0.25, -0.2) is 4.98 Å². The van der Waals surface area contributed by atoms with E-state index in [-0.39, 0.29) is 11.8 Å². The molecule has 106 valence electrons. The number of imidazole rings is 1. The summed E-state index contributed by atoms with van der Waals surface area (Å²) in [5.41, 5.74) is 0.568. The largest absolute Gasteiger partial charge is 0.356 e. The lowest BCUT2D eigenvalue weighted by Crippen LogP contribution is -2.37. The molecule has 0 aromatic carbocycles. The number of hydrogen-bond donors (Lipinski definition) is 3. The third-order valence-electron chi connectivity index (χ3n) is 2.59. The van der Waals surface area contributed by atoms with Gasteiger partial charge in [0.05, 0.1) is 6.33 Å². The van der Waals surface area contributed by atoms with Crippen LogP contribution >= 0.6 is 0 Å². The highest BCUT2D eigenvalue weighted by atomic mass is 16.2. The van der Waals surface area contributed by atoms with Crippen molar-refractivity contribution < 1.29 is 9.59 Å². The van der Waals surface area contributed by atoms with Crippen molar-refractivity contribution in [2.45, 2.75) is 33.6 Å². The lowest BCUT2D eigenvalue weighted by molar-refractivity contribution is -0.128. The normalized spacial score (nSPS) is 11.1. The number of carbonyl (C=O) groups excluding carboxylic acids is 2. The van der Waals surface area contributed by atoms with Crippen molar-refractivity contribution in [1.82, 2.24) is 20.6 Å². The van der Waals surface area contributed by atoms with Crippen molar-refractivity contribution in [3.63, 3.8) is 0 Å². The zero-order chi connectivity index (χ0) is 14.3. The minimum Gasteiger partial charge on any atom is -0.356 e. The first-order chi connectivity index (χ1) is 8.89. The molecule has 0 aliphatic carbocycles. The van der Waals surface area contributed by atoms with Gasteiger partial charge in [-0.05, 0) is 0 Å². The second-order valence-corrected chi connectivity index (χ2v) is 5.43. The molecule has 1 aromatic rings. The van der Waals surface area contributed by atoms with Gasteiger partial charge in [0.1, 0.15) is 0 Å². The van der Waals surface area contributed by atoms with Crippen molar-refractivity contribution in [2.24, 2.45) is 5.41 Å². The Kier molecular flexibility index (Phi) is 5.54. The molecule has 2 amide bonds. The van der Waals surface area contributed by atoms with Crippen molar-refractivity contribution in [3.8, 4) is 0 Å². The molecule has 6 nitrogen and oxygen atoms in total. The Morgan fingerprint density at radius 2 is 2.00 bits per heavy atom. The van der Waals surface area contributed by atoms with Crippen LogP contribution in [0.1, 0.15) is 32.9 Å². The van der Waals surface area contributed by atoms with Crippen LogP contribution in [0.5, 0.6) is 0 Å². The van der Waals surface area contributed by atoms with Gasteiger partial charge >= 0.3 is 0 Å². The fourth-order valence-electron chi connectivity index (χ4n) is 1.40. The van der Waals surface area contributed by atoms with Crippen molar-refractivity contribution in [2.75, 3.05) is 13.1 Å². The monoisotopic (exact) mass is 266 g/mol. The first kappa shape index (κ1) is 15.2. The Hall–Kier alpha value is -1.85. The fourth-order valence-corrected chi connectivity index (χ4v) is 1.40. The van der Waals surface area contributed by atoms with Gasteiger partial charge in [0.15, 0.2) is 0 Å². The quantitative estimate of drug-likeness (QED) is 0.705. The van der Waals surface area contributed by atoms with Gasteiger partial charge in [-0.3, -0.25) is 9.59 Å². The van der Waals surface area contributed by atoms with E-state index in [1.807, 2.05) is 20.8 Å². The number of H-pyrrole nitrogens is 1. The molecule has 6 heteroatoms. The zero-order valence-electron chi connectivity index (χ0n) is 11.7. The molecule has 0 aliphatic rings. The molecule has 1 heterocycles. The highest BCUT2D eigenvalue weighted by Gasteiger charge is 2.20. The SMILES string of the molecule is CC(C)(C)C(=O)NCCC(=O)NCCc1cnc[nH]1. The Morgan fingerprint density at radius 3 is 2.58 bits per heavy atom.